The van der Waals surface area contributed by atoms with Crippen molar-refractivity contribution in [3.05, 3.63) is 0 Å². The van der Waals surface area contributed by atoms with E-state index < -0.39 is 0 Å². The van der Waals surface area contributed by atoms with Gasteiger partial charge in [0.1, 0.15) is 0 Å². The van der Waals surface area contributed by atoms with E-state index in [1.165, 1.54) is 0 Å². The van der Waals surface area contributed by atoms with Gasteiger partial charge in [-0.05, 0) is 25.4 Å². The first-order valence-electron chi connectivity index (χ1n) is 3.11. The fourth-order valence-electron chi connectivity index (χ4n) is 0.501. The lowest BCUT2D eigenvalue weighted by atomic mass is 10.1. The highest BCUT2D eigenvalue weighted by Crippen LogP contribution is 2.01. The van der Waals surface area contributed by atoms with Crippen LogP contribution in [0.25, 0.3) is 0 Å². The first-order chi connectivity index (χ1) is 4.18. The maximum atomic E-state index is 9.12. The summed E-state index contributed by atoms with van der Waals surface area (Å²) in [5, 5.41) is 9.12. The summed E-state index contributed by atoms with van der Waals surface area (Å²) in [6, 6.07) is -0.0860. The average Bonchev–Trinajstić information content (AvgIpc) is 1.82. The Balaban J connectivity index is 3.16. The Labute approximate surface area is 60.8 Å². The van der Waals surface area contributed by atoms with Crippen molar-refractivity contribution in [2.24, 2.45) is 5.73 Å². The highest BCUT2D eigenvalue weighted by Gasteiger charge is 2.07. The lowest BCUT2D eigenvalue weighted by molar-refractivity contribution is 0.148. The van der Waals surface area contributed by atoms with Crippen LogP contribution in [-0.4, -0.2) is 29.3 Å². The van der Waals surface area contributed by atoms with E-state index in [1.54, 1.807) is 11.8 Å². The molecule has 56 valence electrons. The third kappa shape index (κ3) is 4.75. The van der Waals surface area contributed by atoms with E-state index in [0.29, 0.717) is 0 Å². The van der Waals surface area contributed by atoms with Crippen molar-refractivity contribution >= 4 is 11.8 Å². The van der Waals surface area contributed by atoms with Crippen molar-refractivity contribution in [3.63, 3.8) is 0 Å². The summed E-state index contributed by atoms with van der Waals surface area (Å²) in [6.07, 6.45) is 2.50. The molecule has 9 heavy (non-hydrogen) atoms. The minimum absolute atomic E-state index is 0.0860. The molecule has 0 spiro atoms. The summed E-state index contributed by atoms with van der Waals surface area (Å²) < 4.78 is 0. The fraction of sp³-hybridized carbons (Fsp3) is 1.00. The predicted molar refractivity (Wildman–Crippen MR) is 42.7 cm³/mol. The zero-order chi connectivity index (χ0) is 7.28. The van der Waals surface area contributed by atoms with Crippen LogP contribution in [-0.2, 0) is 0 Å². The molecule has 0 aliphatic heterocycles. The molecule has 3 heteroatoms. The normalized spacial score (nSPS) is 17.3. The maximum absolute atomic E-state index is 9.12. The van der Waals surface area contributed by atoms with Gasteiger partial charge in [0.2, 0.25) is 0 Å². The van der Waals surface area contributed by atoms with Gasteiger partial charge < -0.3 is 10.8 Å². The standard InChI is InChI=1S/C6H15NOS/c1-5(7)6(8)3-4-9-2/h5-6,8H,3-4,7H2,1-2H3. The second kappa shape index (κ2) is 5.09. The SMILES string of the molecule is CSCCC(O)C(C)N. The molecule has 0 rings (SSSR count). The van der Waals surface area contributed by atoms with Gasteiger partial charge in [-0.3, -0.25) is 0 Å². The monoisotopic (exact) mass is 149 g/mol. The van der Waals surface area contributed by atoms with Gasteiger partial charge in [-0.15, -0.1) is 0 Å². The Bertz CT molecular complexity index is 68.1. The van der Waals surface area contributed by atoms with Gasteiger partial charge in [0, 0.05) is 6.04 Å². The number of hydrogen-bond acceptors (Lipinski definition) is 3. The van der Waals surface area contributed by atoms with Crippen molar-refractivity contribution in [3.8, 4) is 0 Å². The van der Waals surface area contributed by atoms with Gasteiger partial charge in [-0.25, -0.2) is 0 Å². The molecule has 0 aromatic heterocycles. The lowest BCUT2D eigenvalue weighted by Crippen LogP contribution is -2.31. The molecule has 3 N–H and O–H groups in total. The number of hydrogen-bond donors (Lipinski definition) is 2. The average molecular weight is 149 g/mol. The summed E-state index contributed by atoms with van der Waals surface area (Å²) in [6.45, 7) is 1.82. The van der Waals surface area contributed by atoms with E-state index >= 15 is 0 Å². The van der Waals surface area contributed by atoms with E-state index in [1.807, 2.05) is 13.2 Å². The Hall–Kier alpha value is 0.270. The molecule has 0 heterocycles. The van der Waals surface area contributed by atoms with Crippen LogP contribution in [0.4, 0.5) is 0 Å². The molecule has 0 aromatic rings. The van der Waals surface area contributed by atoms with Crippen LogP contribution in [0.15, 0.2) is 0 Å². The highest BCUT2D eigenvalue weighted by atomic mass is 32.2. The van der Waals surface area contributed by atoms with Crippen LogP contribution >= 0.6 is 11.8 Å². The molecular weight excluding hydrogens is 134 g/mol. The largest absolute Gasteiger partial charge is 0.391 e. The van der Waals surface area contributed by atoms with E-state index in [-0.39, 0.29) is 12.1 Å². The van der Waals surface area contributed by atoms with Crippen LogP contribution < -0.4 is 5.73 Å². The van der Waals surface area contributed by atoms with Crippen molar-refractivity contribution in [1.82, 2.24) is 0 Å². The summed E-state index contributed by atoms with van der Waals surface area (Å²) in [4.78, 5) is 0. The molecular formula is C6H15NOS. The van der Waals surface area contributed by atoms with Gasteiger partial charge in [0.15, 0.2) is 0 Å². The van der Waals surface area contributed by atoms with Crippen LogP contribution in [0, 0.1) is 0 Å². The molecule has 2 nitrogen and oxygen atoms in total. The summed E-state index contributed by atoms with van der Waals surface area (Å²) in [7, 11) is 0. The molecule has 0 amide bonds. The first-order valence-corrected chi connectivity index (χ1v) is 4.50. The number of rotatable bonds is 4. The molecule has 2 unspecified atom stereocenters. The van der Waals surface area contributed by atoms with E-state index in [4.69, 9.17) is 10.8 Å². The van der Waals surface area contributed by atoms with Crippen molar-refractivity contribution < 1.29 is 5.11 Å². The van der Waals surface area contributed by atoms with Crippen LogP contribution in [0.3, 0.4) is 0 Å². The molecule has 2 atom stereocenters. The zero-order valence-corrected chi connectivity index (χ0v) is 6.82. The molecule has 0 aliphatic carbocycles. The van der Waals surface area contributed by atoms with E-state index in [9.17, 15) is 0 Å². The zero-order valence-electron chi connectivity index (χ0n) is 6.00. The van der Waals surface area contributed by atoms with E-state index in [0.717, 1.165) is 12.2 Å². The minimum atomic E-state index is -0.322. The van der Waals surface area contributed by atoms with Crippen molar-refractivity contribution in [2.45, 2.75) is 25.5 Å². The molecule has 0 aliphatic rings. The van der Waals surface area contributed by atoms with Crippen molar-refractivity contribution in [1.29, 1.82) is 0 Å². The van der Waals surface area contributed by atoms with E-state index in [2.05, 4.69) is 0 Å². The second-order valence-corrected chi connectivity index (χ2v) is 3.19. The number of nitrogens with two attached hydrogens (primary N) is 1. The highest BCUT2D eigenvalue weighted by molar-refractivity contribution is 7.98. The summed E-state index contributed by atoms with van der Waals surface area (Å²) >= 11 is 1.73. The molecule has 0 bridgehead atoms. The van der Waals surface area contributed by atoms with Gasteiger partial charge in [-0.1, -0.05) is 0 Å². The lowest BCUT2D eigenvalue weighted by Gasteiger charge is -2.12. The molecule has 0 saturated carbocycles. The number of thioether (sulfide) groups is 1. The quantitative estimate of drug-likeness (QED) is 0.610. The summed E-state index contributed by atoms with van der Waals surface area (Å²) in [5.74, 6) is 0.989. The van der Waals surface area contributed by atoms with Gasteiger partial charge >= 0.3 is 0 Å². The maximum Gasteiger partial charge on any atom is 0.0696 e. The topological polar surface area (TPSA) is 46.2 Å². The molecule has 0 fully saturated rings. The van der Waals surface area contributed by atoms with Gasteiger partial charge in [-0.2, -0.15) is 11.8 Å². The molecule has 0 saturated heterocycles. The fourth-order valence-corrected chi connectivity index (χ4v) is 0.979. The Morgan fingerprint density at radius 3 is 2.56 bits per heavy atom. The third-order valence-electron chi connectivity index (χ3n) is 1.22. The Morgan fingerprint density at radius 1 is 1.67 bits per heavy atom. The number of aliphatic hydroxyl groups excluding tert-OH is 1. The minimum Gasteiger partial charge on any atom is -0.391 e. The second-order valence-electron chi connectivity index (χ2n) is 2.21. The van der Waals surface area contributed by atoms with Crippen LogP contribution in [0.2, 0.25) is 0 Å². The van der Waals surface area contributed by atoms with Gasteiger partial charge in [0.05, 0.1) is 6.10 Å². The van der Waals surface area contributed by atoms with Crippen molar-refractivity contribution in [2.75, 3.05) is 12.0 Å². The number of aliphatic hydroxyl groups is 1. The molecule has 0 aromatic carbocycles. The first kappa shape index (κ1) is 9.27. The Morgan fingerprint density at radius 2 is 2.22 bits per heavy atom. The Kier molecular flexibility index (Phi) is 5.24. The van der Waals surface area contributed by atoms with Crippen LogP contribution in [0.1, 0.15) is 13.3 Å². The molecule has 0 radical (unpaired) electrons. The third-order valence-corrected chi connectivity index (χ3v) is 1.87. The smallest absolute Gasteiger partial charge is 0.0696 e. The summed E-state index contributed by atoms with van der Waals surface area (Å²) in [5.41, 5.74) is 5.42. The van der Waals surface area contributed by atoms with Gasteiger partial charge in [0.25, 0.3) is 0 Å². The van der Waals surface area contributed by atoms with Crippen LogP contribution in [0.5, 0.6) is 0 Å². The predicted octanol–water partition coefficient (Wildman–Crippen LogP) is 0.448.